The third kappa shape index (κ3) is 3.30. The summed E-state index contributed by atoms with van der Waals surface area (Å²) in [4.78, 5) is 15.4. The van der Waals surface area contributed by atoms with E-state index >= 15 is 0 Å². The van der Waals surface area contributed by atoms with Crippen LogP contribution in [-0.4, -0.2) is 23.7 Å². The summed E-state index contributed by atoms with van der Waals surface area (Å²) in [7, 11) is 0. The molecule has 0 radical (unpaired) electrons. The highest BCUT2D eigenvalue weighted by molar-refractivity contribution is 6.01. The number of carbonyl (C=O) groups is 1. The molecule has 3 rings (SSSR count). The number of H-pyrrole nitrogens is 1. The van der Waals surface area contributed by atoms with Crippen LogP contribution >= 0.6 is 0 Å². The maximum absolute atomic E-state index is 12.1. The lowest BCUT2D eigenvalue weighted by Gasteiger charge is -2.04. The topological polar surface area (TPSA) is 66.5 Å². The van der Waals surface area contributed by atoms with Crippen molar-refractivity contribution in [2.24, 2.45) is 5.10 Å². The Bertz CT molecular complexity index is 879. The molecule has 2 aromatic carbocycles. The Morgan fingerprint density at radius 1 is 1.21 bits per heavy atom. The van der Waals surface area contributed by atoms with Gasteiger partial charge in [-0.25, -0.2) is 5.43 Å². The monoisotopic (exact) mass is 321 g/mol. The van der Waals surface area contributed by atoms with Gasteiger partial charge in [0.25, 0.3) is 5.91 Å². The minimum atomic E-state index is -0.258. The maximum atomic E-state index is 12.1. The van der Waals surface area contributed by atoms with Crippen LogP contribution in [0, 0.1) is 6.92 Å². The van der Waals surface area contributed by atoms with Gasteiger partial charge in [-0.2, -0.15) is 5.10 Å². The zero-order valence-electron chi connectivity index (χ0n) is 13.7. The van der Waals surface area contributed by atoms with E-state index in [0.717, 1.165) is 27.9 Å². The number of ether oxygens (including phenoxy) is 1. The van der Waals surface area contributed by atoms with Gasteiger partial charge in [-0.1, -0.05) is 18.2 Å². The van der Waals surface area contributed by atoms with E-state index in [0.29, 0.717) is 12.2 Å². The van der Waals surface area contributed by atoms with E-state index in [2.05, 4.69) is 15.5 Å². The summed E-state index contributed by atoms with van der Waals surface area (Å²) in [6.07, 6.45) is 1.67. The Morgan fingerprint density at radius 3 is 2.71 bits per heavy atom. The van der Waals surface area contributed by atoms with E-state index in [4.69, 9.17) is 4.74 Å². The first-order valence-electron chi connectivity index (χ1n) is 7.82. The molecule has 122 valence electrons. The number of hydrogen-bond donors (Lipinski definition) is 2. The minimum absolute atomic E-state index is 0.258. The van der Waals surface area contributed by atoms with Crippen LogP contribution in [0.1, 0.15) is 28.5 Å². The van der Waals surface area contributed by atoms with Gasteiger partial charge in [0, 0.05) is 27.7 Å². The Labute approximate surface area is 140 Å². The molecular weight excluding hydrogens is 302 g/mol. The second-order valence-corrected chi connectivity index (χ2v) is 5.37. The van der Waals surface area contributed by atoms with Crippen molar-refractivity contribution < 1.29 is 9.53 Å². The predicted molar refractivity (Wildman–Crippen MR) is 95.7 cm³/mol. The van der Waals surface area contributed by atoms with E-state index in [1.54, 1.807) is 30.5 Å². The molecule has 0 aliphatic heterocycles. The van der Waals surface area contributed by atoms with Gasteiger partial charge in [0.1, 0.15) is 5.75 Å². The number of fused-ring (bicyclic) bond motifs is 1. The van der Waals surface area contributed by atoms with Crippen molar-refractivity contribution in [2.45, 2.75) is 13.8 Å². The highest BCUT2D eigenvalue weighted by Gasteiger charge is 2.07. The first-order valence-corrected chi connectivity index (χ1v) is 7.82. The van der Waals surface area contributed by atoms with E-state index in [1.165, 1.54) is 0 Å². The number of hydrazone groups is 1. The molecule has 0 saturated heterocycles. The highest BCUT2D eigenvalue weighted by Crippen LogP contribution is 2.19. The molecule has 3 aromatic rings. The molecule has 0 spiro atoms. The number of aryl methyl sites for hydroxylation is 1. The van der Waals surface area contributed by atoms with Gasteiger partial charge in [-0.3, -0.25) is 4.79 Å². The van der Waals surface area contributed by atoms with Crippen LogP contribution in [0.3, 0.4) is 0 Å². The molecule has 0 aliphatic rings. The number of nitrogens with zero attached hydrogens (tertiary/aromatic N) is 1. The van der Waals surface area contributed by atoms with Crippen molar-refractivity contribution in [1.82, 2.24) is 10.4 Å². The number of nitrogens with one attached hydrogen (secondary N) is 2. The number of hydrogen-bond acceptors (Lipinski definition) is 3. The second-order valence-electron chi connectivity index (χ2n) is 5.37. The highest BCUT2D eigenvalue weighted by atomic mass is 16.5. The molecule has 24 heavy (non-hydrogen) atoms. The molecular formula is C19H19N3O2. The lowest BCUT2D eigenvalue weighted by atomic mass is 10.1. The number of para-hydroxylation sites is 1. The fourth-order valence-corrected chi connectivity index (χ4v) is 2.55. The largest absolute Gasteiger partial charge is 0.494 e. The average molecular weight is 321 g/mol. The molecule has 1 heterocycles. The number of aromatic nitrogens is 1. The first kappa shape index (κ1) is 15.8. The molecule has 1 aromatic heterocycles. The summed E-state index contributed by atoms with van der Waals surface area (Å²) < 4.78 is 5.36. The fraction of sp³-hybridized carbons (Fsp3) is 0.158. The Balaban J connectivity index is 1.71. The Morgan fingerprint density at radius 2 is 1.96 bits per heavy atom. The molecule has 0 aliphatic carbocycles. The van der Waals surface area contributed by atoms with Crippen molar-refractivity contribution in [3.8, 4) is 5.75 Å². The van der Waals surface area contributed by atoms with Crippen LogP contribution in [0.2, 0.25) is 0 Å². The van der Waals surface area contributed by atoms with Crippen LogP contribution in [-0.2, 0) is 0 Å². The van der Waals surface area contributed by atoms with Crippen LogP contribution in [0.5, 0.6) is 5.75 Å². The van der Waals surface area contributed by atoms with Gasteiger partial charge in [0.05, 0.1) is 12.8 Å². The molecule has 5 heteroatoms. The van der Waals surface area contributed by atoms with Crippen molar-refractivity contribution in [1.29, 1.82) is 0 Å². The lowest BCUT2D eigenvalue weighted by molar-refractivity contribution is 0.0955. The third-order valence-corrected chi connectivity index (χ3v) is 3.73. The van der Waals surface area contributed by atoms with Gasteiger partial charge < -0.3 is 9.72 Å². The minimum Gasteiger partial charge on any atom is -0.494 e. The third-order valence-electron chi connectivity index (χ3n) is 3.73. The molecule has 0 unspecified atom stereocenters. The van der Waals surface area contributed by atoms with Gasteiger partial charge >= 0.3 is 0 Å². The van der Waals surface area contributed by atoms with E-state index in [1.807, 2.05) is 38.1 Å². The van der Waals surface area contributed by atoms with Crippen molar-refractivity contribution >= 4 is 23.0 Å². The smallest absolute Gasteiger partial charge is 0.271 e. The quantitative estimate of drug-likeness (QED) is 0.556. The maximum Gasteiger partial charge on any atom is 0.271 e. The number of rotatable bonds is 5. The number of aromatic amines is 1. The van der Waals surface area contributed by atoms with E-state index in [-0.39, 0.29) is 5.91 Å². The summed E-state index contributed by atoms with van der Waals surface area (Å²) in [5.74, 6) is 0.485. The number of carbonyl (C=O) groups excluding carboxylic acids is 1. The van der Waals surface area contributed by atoms with Crippen LogP contribution in [0.15, 0.2) is 53.6 Å². The molecule has 0 atom stereocenters. The molecule has 1 amide bonds. The Hall–Kier alpha value is -3.08. The molecule has 0 saturated carbocycles. The first-order chi connectivity index (χ1) is 11.7. The predicted octanol–water partition coefficient (Wildman–Crippen LogP) is 3.64. The fourth-order valence-electron chi connectivity index (χ4n) is 2.55. The molecule has 0 fully saturated rings. The molecule has 0 bridgehead atoms. The van der Waals surface area contributed by atoms with Crippen molar-refractivity contribution in [3.63, 3.8) is 0 Å². The second kappa shape index (κ2) is 7.00. The van der Waals surface area contributed by atoms with Gasteiger partial charge in [0.2, 0.25) is 0 Å². The van der Waals surface area contributed by atoms with Gasteiger partial charge in [-0.05, 0) is 44.2 Å². The van der Waals surface area contributed by atoms with Gasteiger partial charge in [-0.15, -0.1) is 0 Å². The van der Waals surface area contributed by atoms with Crippen LogP contribution in [0.25, 0.3) is 10.9 Å². The zero-order chi connectivity index (χ0) is 16.9. The van der Waals surface area contributed by atoms with Crippen molar-refractivity contribution in [2.75, 3.05) is 6.61 Å². The average Bonchev–Trinajstić information content (AvgIpc) is 2.91. The standard InChI is InChI=1S/C19H19N3O2/c1-3-24-15-10-8-14(9-11-15)19(23)22-20-12-17-13(2)21-18-7-5-4-6-16(17)18/h4-12,21H,3H2,1-2H3,(H,22,23). The molecule has 5 nitrogen and oxygen atoms in total. The van der Waals surface area contributed by atoms with Gasteiger partial charge in [0.15, 0.2) is 0 Å². The Kier molecular flexibility index (Phi) is 4.61. The summed E-state index contributed by atoms with van der Waals surface area (Å²) in [6, 6.07) is 15.0. The van der Waals surface area contributed by atoms with Crippen LogP contribution < -0.4 is 10.2 Å². The lowest BCUT2D eigenvalue weighted by Crippen LogP contribution is -2.17. The summed E-state index contributed by atoms with van der Waals surface area (Å²) >= 11 is 0. The SMILES string of the molecule is CCOc1ccc(C(=O)NN=Cc2c(C)[nH]c3ccccc23)cc1. The van der Waals surface area contributed by atoms with E-state index < -0.39 is 0 Å². The van der Waals surface area contributed by atoms with Crippen LogP contribution in [0.4, 0.5) is 0 Å². The number of amides is 1. The summed E-state index contributed by atoms with van der Waals surface area (Å²) in [6.45, 7) is 4.50. The number of benzene rings is 2. The molecule has 2 N–H and O–H groups in total. The normalized spacial score (nSPS) is 11.1. The van der Waals surface area contributed by atoms with Crippen molar-refractivity contribution in [3.05, 3.63) is 65.4 Å². The van der Waals surface area contributed by atoms with E-state index in [9.17, 15) is 4.79 Å². The summed E-state index contributed by atoms with van der Waals surface area (Å²) in [5.41, 5.74) is 6.12. The zero-order valence-corrected chi connectivity index (χ0v) is 13.7. The summed E-state index contributed by atoms with van der Waals surface area (Å²) in [5, 5.41) is 5.16.